The Morgan fingerprint density at radius 2 is 1.85 bits per heavy atom. The summed E-state index contributed by atoms with van der Waals surface area (Å²) in [5.41, 5.74) is 6.27. The summed E-state index contributed by atoms with van der Waals surface area (Å²) in [6.45, 7) is 0.151. The lowest BCUT2D eigenvalue weighted by atomic mass is 10.1. The van der Waals surface area contributed by atoms with Crippen molar-refractivity contribution < 1.29 is 19.0 Å². The number of amides is 1. The molecule has 0 radical (unpaired) electrons. The van der Waals surface area contributed by atoms with E-state index in [2.05, 4.69) is 10.5 Å². The topological polar surface area (TPSA) is 87.0 Å². The third-order valence-corrected chi connectivity index (χ3v) is 5.13. The Morgan fingerprint density at radius 1 is 1.06 bits per heavy atom. The van der Waals surface area contributed by atoms with E-state index >= 15 is 0 Å². The summed E-state index contributed by atoms with van der Waals surface area (Å²) in [5.74, 6) is 1.56. The zero-order chi connectivity index (χ0) is 22.6. The molecule has 164 valence electrons. The van der Waals surface area contributed by atoms with Gasteiger partial charge in [0.15, 0.2) is 11.5 Å². The first-order valence-corrected chi connectivity index (χ1v) is 10.2. The quantitative estimate of drug-likeness (QED) is 0.361. The second kappa shape index (κ2) is 8.88. The van der Waals surface area contributed by atoms with Crippen molar-refractivity contribution in [3.05, 3.63) is 90.1 Å². The van der Waals surface area contributed by atoms with Gasteiger partial charge in [-0.25, -0.2) is 10.1 Å². The monoisotopic (exact) mass is 440 g/mol. The van der Waals surface area contributed by atoms with E-state index in [4.69, 9.17) is 19.3 Å². The van der Waals surface area contributed by atoms with Gasteiger partial charge in [-0.1, -0.05) is 18.2 Å². The predicted octanol–water partition coefficient (Wildman–Crippen LogP) is 4.04. The fraction of sp³-hybridized carbons (Fsp3) is 0.0800. The van der Waals surface area contributed by atoms with E-state index in [9.17, 15) is 4.79 Å². The number of hydrogen-bond acceptors (Lipinski definition) is 6. The number of nitrogens with zero attached hydrogens (tertiary/aromatic N) is 3. The first kappa shape index (κ1) is 20.3. The number of hydrazone groups is 1. The van der Waals surface area contributed by atoms with E-state index in [-0.39, 0.29) is 12.7 Å². The van der Waals surface area contributed by atoms with Gasteiger partial charge in [-0.3, -0.25) is 4.79 Å². The van der Waals surface area contributed by atoms with Crippen molar-refractivity contribution >= 4 is 12.1 Å². The van der Waals surface area contributed by atoms with Crippen LogP contribution in [0.25, 0.3) is 16.9 Å². The van der Waals surface area contributed by atoms with Crippen LogP contribution in [0.2, 0.25) is 0 Å². The molecule has 0 saturated heterocycles. The lowest BCUT2D eigenvalue weighted by Crippen LogP contribution is -2.17. The molecule has 0 spiro atoms. The number of carbonyl (C=O) groups excluding carboxylic acids is 1. The summed E-state index contributed by atoms with van der Waals surface area (Å²) >= 11 is 0. The molecule has 1 N–H and O–H groups in total. The molecule has 4 aromatic rings. The predicted molar refractivity (Wildman–Crippen MR) is 123 cm³/mol. The number of carbonyl (C=O) groups is 1. The second-order valence-corrected chi connectivity index (χ2v) is 7.21. The van der Waals surface area contributed by atoms with E-state index in [1.54, 1.807) is 36.2 Å². The number of ether oxygens (including phenoxy) is 3. The first-order chi connectivity index (χ1) is 16.2. The van der Waals surface area contributed by atoms with E-state index in [1.165, 1.54) is 0 Å². The molecule has 5 rings (SSSR count). The Morgan fingerprint density at radius 3 is 2.64 bits per heavy atom. The standard InChI is InChI=1S/C25H20N4O4/c1-31-21-10-7-17(8-11-21)24-19(15-29(28-24)20-5-3-2-4-6-20)14-26-27-25(30)18-9-12-22-23(13-18)33-16-32-22/h2-15H,16H2,1H3,(H,27,30)/b26-14-. The van der Waals surface area contributed by atoms with Crippen LogP contribution in [0, 0.1) is 0 Å². The maximum atomic E-state index is 12.5. The summed E-state index contributed by atoms with van der Waals surface area (Å²) in [4.78, 5) is 12.5. The Labute approximate surface area is 190 Å². The molecule has 1 aliphatic rings. The van der Waals surface area contributed by atoms with E-state index in [0.717, 1.165) is 28.3 Å². The lowest BCUT2D eigenvalue weighted by Gasteiger charge is -2.03. The van der Waals surface area contributed by atoms with Gasteiger partial charge in [0.1, 0.15) is 11.4 Å². The van der Waals surface area contributed by atoms with Crippen LogP contribution < -0.4 is 19.6 Å². The molecule has 0 bridgehead atoms. The molecule has 33 heavy (non-hydrogen) atoms. The third-order valence-electron chi connectivity index (χ3n) is 5.13. The van der Waals surface area contributed by atoms with Crippen molar-refractivity contribution in [2.75, 3.05) is 13.9 Å². The van der Waals surface area contributed by atoms with Gasteiger partial charge in [-0.05, 0) is 54.6 Å². The van der Waals surface area contributed by atoms with Gasteiger partial charge in [0.2, 0.25) is 6.79 Å². The summed E-state index contributed by atoms with van der Waals surface area (Å²) in [6, 6.07) is 22.4. The minimum Gasteiger partial charge on any atom is -0.497 e. The van der Waals surface area contributed by atoms with E-state index < -0.39 is 0 Å². The van der Waals surface area contributed by atoms with Gasteiger partial charge < -0.3 is 14.2 Å². The number of rotatable bonds is 6. The average molecular weight is 440 g/mol. The number of benzene rings is 3. The van der Waals surface area contributed by atoms with Crippen molar-refractivity contribution in [1.29, 1.82) is 0 Å². The smallest absolute Gasteiger partial charge is 0.271 e. The zero-order valence-electron chi connectivity index (χ0n) is 17.8. The minimum atomic E-state index is -0.356. The highest BCUT2D eigenvalue weighted by molar-refractivity contribution is 5.96. The largest absolute Gasteiger partial charge is 0.497 e. The van der Waals surface area contributed by atoms with Crippen LogP contribution in [0.15, 0.2) is 84.1 Å². The van der Waals surface area contributed by atoms with Crippen LogP contribution >= 0.6 is 0 Å². The average Bonchev–Trinajstić information content (AvgIpc) is 3.51. The minimum absolute atomic E-state index is 0.151. The number of nitrogens with one attached hydrogen (secondary N) is 1. The molecular formula is C25H20N4O4. The van der Waals surface area contributed by atoms with Gasteiger partial charge in [0.05, 0.1) is 19.0 Å². The highest BCUT2D eigenvalue weighted by Gasteiger charge is 2.16. The Bertz CT molecular complexity index is 1310. The number of hydrogen-bond donors (Lipinski definition) is 1. The van der Waals surface area contributed by atoms with Crippen LogP contribution in [-0.4, -0.2) is 35.8 Å². The van der Waals surface area contributed by atoms with Gasteiger partial charge in [0.25, 0.3) is 5.91 Å². The SMILES string of the molecule is COc1ccc(-c2nn(-c3ccccc3)cc2/C=N\NC(=O)c2ccc3c(c2)OCO3)cc1. The summed E-state index contributed by atoms with van der Waals surface area (Å²) < 4.78 is 17.6. The molecule has 2 heterocycles. The van der Waals surface area contributed by atoms with Crippen molar-refractivity contribution in [2.45, 2.75) is 0 Å². The van der Waals surface area contributed by atoms with Crippen molar-refractivity contribution in [3.8, 4) is 34.2 Å². The molecule has 0 saturated carbocycles. The molecule has 8 nitrogen and oxygen atoms in total. The molecule has 8 heteroatoms. The molecule has 1 aliphatic heterocycles. The van der Waals surface area contributed by atoms with Crippen LogP contribution in [0.4, 0.5) is 0 Å². The molecule has 0 aliphatic carbocycles. The number of methoxy groups -OCH3 is 1. The zero-order valence-corrected chi connectivity index (χ0v) is 17.8. The fourth-order valence-electron chi connectivity index (χ4n) is 3.43. The van der Waals surface area contributed by atoms with Crippen LogP contribution in [0.5, 0.6) is 17.2 Å². The molecule has 3 aromatic carbocycles. The van der Waals surface area contributed by atoms with Crippen molar-refractivity contribution in [1.82, 2.24) is 15.2 Å². The van der Waals surface area contributed by atoms with E-state index in [1.807, 2.05) is 60.8 Å². The van der Waals surface area contributed by atoms with Crippen LogP contribution in [0.1, 0.15) is 15.9 Å². The lowest BCUT2D eigenvalue weighted by molar-refractivity contribution is 0.0954. The summed E-state index contributed by atoms with van der Waals surface area (Å²) in [6.07, 6.45) is 3.45. The Kier molecular flexibility index (Phi) is 5.47. The Balaban J connectivity index is 1.41. The first-order valence-electron chi connectivity index (χ1n) is 10.2. The highest BCUT2D eigenvalue weighted by Crippen LogP contribution is 2.32. The van der Waals surface area contributed by atoms with Gasteiger partial charge in [0, 0.05) is 22.9 Å². The highest BCUT2D eigenvalue weighted by atomic mass is 16.7. The Hall–Kier alpha value is -4.59. The van der Waals surface area contributed by atoms with Gasteiger partial charge >= 0.3 is 0 Å². The molecule has 0 unspecified atom stereocenters. The van der Waals surface area contributed by atoms with E-state index in [0.29, 0.717) is 17.1 Å². The van der Waals surface area contributed by atoms with Gasteiger partial charge in [-0.2, -0.15) is 10.2 Å². The summed E-state index contributed by atoms with van der Waals surface area (Å²) in [5, 5.41) is 8.91. The number of para-hydroxylation sites is 1. The van der Waals surface area contributed by atoms with Crippen molar-refractivity contribution in [2.24, 2.45) is 5.10 Å². The molecule has 0 atom stereocenters. The molecule has 1 amide bonds. The maximum Gasteiger partial charge on any atom is 0.271 e. The fourth-order valence-corrected chi connectivity index (χ4v) is 3.43. The van der Waals surface area contributed by atoms with Gasteiger partial charge in [-0.15, -0.1) is 0 Å². The number of fused-ring (bicyclic) bond motifs is 1. The third kappa shape index (κ3) is 4.27. The number of aromatic nitrogens is 2. The molecular weight excluding hydrogens is 420 g/mol. The normalized spacial score (nSPS) is 12.2. The van der Waals surface area contributed by atoms with Crippen molar-refractivity contribution in [3.63, 3.8) is 0 Å². The summed E-state index contributed by atoms with van der Waals surface area (Å²) in [7, 11) is 1.63. The molecule has 0 fully saturated rings. The second-order valence-electron chi connectivity index (χ2n) is 7.21. The van der Waals surface area contributed by atoms with Crippen LogP contribution in [0.3, 0.4) is 0 Å². The molecule has 1 aromatic heterocycles. The van der Waals surface area contributed by atoms with Crippen LogP contribution in [-0.2, 0) is 0 Å². The maximum absolute atomic E-state index is 12.5.